The number of ether oxygens (including phenoxy) is 1. The Labute approximate surface area is 109 Å². The highest BCUT2D eigenvalue weighted by Crippen LogP contribution is 2.25. The first kappa shape index (κ1) is 11.7. The summed E-state index contributed by atoms with van der Waals surface area (Å²) >= 11 is 0. The van der Waals surface area contributed by atoms with E-state index in [0.717, 1.165) is 22.9 Å². The summed E-state index contributed by atoms with van der Waals surface area (Å²) in [5.74, 6) is -0.644. The van der Waals surface area contributed by atoms with E-state index in [2.05, 4.69) is 0 Å². The Morgan fingerprint density at radius 1 is 1.37 bits per heavy atom. The van der Waals surface area contributed by atoms with Crippen LogP contribution in [0.15, 0.2) is 33.5 Å². The number of hydrogen-bond acceptors (Lipinski definition) is 4. The maximum Gasteiger partial charge on any atom is 0.351 e. The van der Waals surface area contributed by atoms with Crippen LogP contribution in [0.5, 0.6) is 0 Å². The highest BCUT2D eigenvalue weighted by atomic mass is 16.5. The van der Waals surface area contributed by atoms with Crippen LogP contribution < -0.4 is 5.63 Å². The van der Waals surface area contributed by atoms with Gasteiger partial charge in [-0.25, -0.2) is 9.59 Å². The summed E-state index contributed by atoms with van der Waals surface area (Å²) in [5, 5.41) is 0.730. The van der Waals surface area contributed by atoms with E-state index in [1.165, 1.54) is 6.07 Å². The van der Waals surface area contributed by atoms with Crippen molar-refractivity contribution in [1.82, 2.24) is 0 Å². The minimum absolute atomic E-state index is 0.0590. The Morgan fingerprint density at radius 2 is 2.21 bits per heavy atom. The number of esters is 1. The zero-order chi connectivity index (χ0) is 13.4. The predicted molar refractivity (Wildman–Crippen MR) is 71.2 cm³/mol. The number of fused-ring (bicyclic) bond motifs is 2. The third kappa shape index (κ3) is 1.95. The molecule has 0 N–H and O–H groups in total. The molecule has 0 unspecified atom stereocenters. The Hall–Kier alpha value is -2.36. The van der Waals surface area contributed by atoms with Crippen LogP contribution in [0.4, 0.5) is 0 Å². The second-order valence-electron chi connectivity index (χ2n) is 4.36. The van der Waals surface area contributed by atoms with Crippen LogP contribution in [0.25, 0.3) is 17.0 Å². The molecule has 0 atom stereocenters. The number of rotatable bonds is 2. The third-order valence-corrected chi connectivity index (χ3v) is 3.12. The van der Waals surface area contributed by atoms with Gasteiger partial charge in [0.1, 0.15) is 11.1 Å². The van der Waals surface area contributed by atoms with E-state index in [1.807, 2.05) is 24.3 Å². The molecule has 96 valence electrons. The molecule has 1 aromatic heterocycles. The molecule has 0 amide bonds. The molecule has 0 radical (unpaired) electrons. The molecule has 4 nitrogen and oxygen atoms in total. The largest absolute Gasteiger partial charge is 0.462 e. The lowest BCUT2D eigenvalue weighted by Crippen LogP contribution is -2.16. The van der Waals surface area contributed by atoms with Gasteiger partial charge in [0, 0.05) is 5.39 Å². The topological polar surface area (TPSA) is 56.5 Å². The van der Waals surface area contributed by atoms with Gasteiger partial charge in [0.15, 0.2) is 0 Å². The van der Waals surface area contributed by atoms with Gasteiger partial charge in [-0.1, -0.05) is 12.2 Å². The lowest BCUT2D eigenvalue weighted by molar-refractivity contribution is 0.0522. The lowest BCUT2D eigenvalue weighted by atomic mass is 10.1. The molecule has 1 heterocycles. The summed E-state index contributed by atoms with van der Waals surface area (Å²) in [5.41, 5.74) is 2.00. The van der Waals surface area contributed by atoms with Crippen LogP contribution in [0, 0.1) is 0 Å². The van der Waals surface area contributed by atoms with Gasteiger partial charge in [-0.05, 0) is 42.7 Å². The van der Waals surface area contributed by atoms with E-state index in [-0.39, 0.29) is 12.2 Å². The Kier molecular flexibility index (Phi) is 2.71. The SMILES string of the molecule is CCOC(=O)c1cc2cc3c(cc2oc1=O)CC=C3. The van der Waals surface area contributed by atoms with E-state index < -0.39 is 11.6 Å². The molecule has 0 saturated carbocycles. The summed E-state index contributed by atoms with van der Waals surface area (Å²) in [6.45, 7) is 1.92. The van der Waals surface area contributed by atoms with Crippen molar-refractivity contribution in [3.63, 3.8) is 0 Å². The molecule has 0 aliphatic heterocycles. The number of carbonyl (C=O) groups is 1. The number of benzene rings is 1. The first-order valence-electron chi connectivity index (χ1n) is 6.13. The van der Waals surface area contributed by atoms with Crippen LogP contribution in [0.3, 0.4) is 0 Å². The quantitative estimate of drug-likeness (QED) is 0.612. The number of hydrogen-bond donors (Lipinski definition) is 0. The third-order valence-electron chi connectivity index (χ3n) is 3.12. The van der Waals surface area contributed by atoms with Crippen molar-refractivity contribution in [3.05, 3.63) is 51.4 Å². The zero-order valence-corrected chi connectivity index (χ0v) is 10.4. The molecular weight excluding hydrogens is 244 g/mol. The Balaban J connectivity index is 2.19. The molecule has 0 fully saturated rings. The van der Waals surface area contributed by atoms with Gasteiger partial charge in [-0.2, -0.15) is 0 Å². The summed E-state index contributed by atoms with van der Waals surface area (Å²) in [7, 11) is 0. The summed E-state index contributed by atoms with van der Waals surface area (Å²) in [6.07, 6.45) is 4.91. The Bertz CT molecular complexity index is 753. The minimum Gasteiger partial charge on any atom is -0.462 e. The van der Waals surface area contributed by atoms with Crippen molar-refractivity contribution >= 4 is 23.0 Å². The van der Waals surface area contributed by atoms with Crippen LogP contribution in [-0.2, 0) is 11.2 Å². The van der Waals surface area contributed by atoms with Gasteiger partial charge in [0.2, 0.25) is 0 Å². The molecule has 1 aromatic carbocycles. The monoisotopic (exact) mass is 256 g/mol. The summed E-state index contributed by atoms with van der Waals surface area (Å²) in [4.78, 5) is 23.4. The minimum atomic E-state index is -0.656. The maximum atomic E-state index is 11.8. The summed E-state index contributed by atoms with van der Waals surface area (Å²) in [6, 6.07) is 5.30. The fourth-order valence-electron chi connectivity index (χ4n) is 2.22. The van der Waals surface area contributed by atoms with Crippen LogP contribution in [0.1, 0.15) is 28.4 Å². The molecular formula is C15H12O4. The molecule has 1 aliphatic rings. The fourth-order valence-corrected chi connectivity index (χ4v) is 2.22. The second-order valence-corrected chi connectivity index (χ2v) is 4.36. The number of allylic oxidation sites excluding steroid dienone is 1. The zero-order valence-electron chi connectivity index (χ0n) is 10.4. The van der Waals surface area contributed by atoms with Gasteiger partial charge < -0.3 is 9.15 Å². The van der Waals surface area contributed by atoms with Gasteiger partial charge in [-0.3, -0.25) is 0 Å². The van der Waals surface area contributed by atoms with Crippen LogP contribution in [0.2, 0.25) is 0 Å². The van der Waals surface area contributed by atoms with Crippen LogP contribution in [-0.4, -0.2) is 12.6 Å². The highest BCUT2D eigenvalue weighted by Gasteiger charge is 2.16. The van der Waals surface area contributed by atoms with Crippen LogP contribution >= 0.6 is 0 Å². The van der Waals surface area contributed by atoms with E-state index in [1.54, 1.807) is 6.92 Å². The smallest absolute Gasteiger partial charge is 0.351 e. The van der Waals surface area contributed by atoms with Crippen molar-refractivity contribution in [3.8, 4) is 0 Å². The molecule has 0 spiro atoms. The van der Waals surface area contributed by atoms with E-state index >= 15 is 0 Å². The molecule has 4 heteroatoms. The van der Waals surface area contributed by atoms with Gasteiger partial charge in [0.25, 0.3) is 0 Å². The lowest BCUT2D eigenvalue weighted by Gasteiger charge is -2.04. The molecule has 1 aliphatic carbocycles. The van der Waals surface area contributed by atoms with E-state index in [9.17, 15) is 9.59 Å². The van der Waals surface area contributed by atoms with Crippen molar-refractivity contribution in [2.24, 2.45) is 0 Å². The van der Waals surface area contributed by atoms with Gasteiger partial charge in [0.05, 0.1) is 6.61 Å². The molecule has 0 saturated heterocycles. The van der Waals surface area contributed by atoms with E-state index in [4.69, 9.17) is 9.15 Å². The number of carbonyl (C=O) groups excluding carboxylic acids is 1. The summed E-state index contributed by atoms with van der Waals surface area (Å²) < 4.78 is 10.0. The maximum absolute atomic E-state index is 11.8. The standard InChI is InChI=1S/C15H12O4/c1-2-18-14(16)12-7-11-6-9-4-3-5-10(9)8-13(11)19-15(12)17/h3-4,6-8H,2,5H2,1H3. The average Bonchev–Trinajstić information content (AvgIpc) is 2.82. The van der Waals surface area contributed by atoms with Gasteiger partial charge >= 0.3 is 11.6 Å². The molecule has 3 rings (SSSR count). The Morgan fingerprint density at radius 3 is 3.00 bits per heavy atom. The van der Waals surface area contributed by atoms with Crippen molar-refractivity contribution in [2.45, 2.75) is 13.3 Å². The van der Waals surface area contributed by atoms with Crippen molar-refractivity contribution < 1.29 is 13.9 Å². The first-order chi connectivity index (χ1) is 9.19. The highest BCUT2D eigenvalue weighted by molar-refractivity contribution is 5.93. The van der Waals surface area contributed by atoms with Crippen molar-refractivity contribution in [1.29, 1.82) is 0 Å². The first-order valence-corrected chi connectivity index (χ1v) is 6.13. The second kappa shape index (κ2) is 4.39. The fraction of sp³-hybridized carbons (Fsp3) is 0.200. The molecule has 2 aromatic rings. The van der Waals surface area contributed by atoms with Crippen molar-refractivity contribution in [2.75, 3.05) is 6.61 Å². The predicted octanol–water partition coefficient (Wildman–Crippen LogP) is 2.54. The normalized spacial score (nSPS) is 12.7. The van der Waals surface area contributed by atoms with E-state index in [0.29, 0.717) is 5.58 Å². The molecule has 19 heavy (non-hydrogen) atoms. The molecule has 0 bridgehead atoms. The van der Waals surface area contributed by atoms with Gasteiger partial charge in [-0.15, -0.1) is 0 Å². The average molecular weight is 256 g/mol.